The van der Waals surface area contributed by atoms with Gasteiger partial charge in [0.1, 0.15) is 24.2 Å². The first kappa shape index (κ1) is 25.4. The van der Waals surface area contributed by atoms with Crippen molar-refractivity contribution in [3.05, 3.63) is 47.8 Å². The van der Waals surface area contributed by atoms with Crippen LogP contribution >= 0.6 is 12.4 Å². The number of β-amino-alcohol motifs (C(OH)–C–C–N with tert-alkyl or cyclic N) is 1. The van der Waals surface area contributed by atoms with Crippen LogP contribution in [0.4, 0.5) is 10.1 Å². The van der Waals surface area contributed by atoms with Crippen LogP contribution in [0.25, 0.3) is 11.1 Å². The first-order valence-electron chi connectivity index (χ1n) is 11.8. The molecule has 35 heavy (non-hydrogen) atoms. The topological polar surface area (TPSA) is 77.4 Å². The molecule has 3 aliphatic rings. The number of amides is 1. The summed E-state index contributed by atoms with van der Waals surface area (Å²) in [6.45, 7) is 10.6. The lowest BCUT2D eigenvalue weighted by molar-refractivity contribution is -0.122. The van der Waals surface area contributed by atoms with E-state index < -0.39 is 6.04 Å². The zero-order valence-corrected chi connectivity index (χ0v) is 21.2. The fourth-order valence-electron chi connectivity index (χ4n) is 5.49. The highest BCUT2D eigenvalue weighted by atomic mass is 35.5. The predicted octanol–water partition coefficient (Wildman–Crippen LogP) is 3.75. The maximum atomic E-state index is 15.0. The molecule has 0 aromatic heterocycles. The molecule has 0 saturated carbocycles. The first-order chi connectivity index (χ1) is 16.2. The van der Waals surface area contributed by atoms with Crippen molar-refractivity contribution >= 4 is 29.8 Å². The van der Waals surface area contributed by atoms with Crippen LogP contribution in [0.3, 0.4) is 0 Å². The Morgan fingerprint density at radius 1 is 1.26 bits per heavy atom. The van der Waals surface area contributed by atoms with Crippen LogP contribution in [0.5, 0.6) is 5.75 Å². The number of hydrogen-bond donors (Lipinski definition) is 2. The summed E-state index contributed by atoms with van der Waals surface area (Å²) in [6.07, 6.45) is -0.376. The number of benzene rings is 2. The summed E-state index contributed by atoms with van der Waals surface area (Å²) >= 11 is 0. The van der Waals surface area contributed by atoms with Crippen molar-refractivity contribution in [3.8, 4) is 16.9 Å². The largest absolute Gasteiger partial charge is 0.483 e. The van der Waals surface area contributed by atoms with E-state index in [-0.39, 0.29) is 48.2 Å². The summed E-state index contributed by atoms with van der Waals surface area (Å²) in [4.78, 5) is 16.5. The van der Waals surface area contributed by atoms with Gasteiger partial charge in [0.25, 0.3) is 5.91 Å². The van der Waals surface area contributed by atoms with E-state index in [2.05, 4.69) is 29.3 Å². The maximum Gasteiger partial charge on any atom is 0.262 e. The number of halogens is 2. The van der Waals surface area contributed by atoms with Crippen LogP contribution in [0.1, 0.15) is 39.2 Å². The molecule has 5 rings (SSSR count). The number of carbonyl (C=O) groups excluding carboxylic acids is 1. The van der Waals surface area contributed by atoms with Crippen molar-refractivity contribution in [2.45, 2.75) is 45.8 Å². The lowest BCUT2D eigenvalue weighted by Crippen LogP contribution is -2.58. The van der Waals surface area contributed by atoms with Crippen LogP contribution in [-0.4, -0.2) is 60.1 Å². The highest BCUT2D eigenvalue weighted by Gasteiger charge is 2.45. The molecule has 2 aromatic carbocycles. The molecule has 1 saturated heterocycles. The van der Waals surface area contributed by atoms with E-state index >= 15 is 0 Å². The number of carbonyl (C=O) groups is 1. The fourth-order valence-corrected chi connectivity index (χ4v) is 5.49. The average molecular weight is 503 g/mol. The third-order valence-electron chi connectivity index (χ3n) is 7.46. The van der Waals surface area contributed by atoms with Crippen molar-refractivity contribution in [1.82, 2.24) is 10.3 Å². The van der Waals surface area contributed by atoms with Gasteiger partial charge >= 0.3 is 0 Å². The Bertz CT molecular complexity index is 1170. The minimum Gasteiger partial charge on any atom is -0.483 e. The monoisotopic (exact) mass is 502 g/mol. The van der Waals surface area contributed by atoms with Crippen LogP contribution in [0.15, 0.2) is 41.5 Å². The van der Waals surface area contributed by atoms with Gasteiger partial charge in [0.05, 0.1) is 11.8 Å². The number of hydrazone groups is 1. The summed E-state index contributed by atoms with van der Waals surface area (Å²) in [5, 5.41) is 14.0. The third-order valence-corrected chi connectivity index (χ3v) is 7.46. The summed E-state index contributed by atoms with van der Waals surface area (Å²) in [5.41, 5.74) is 5.63. The molecule has 1 amide bonds. The van der Waals surface area contributed by atoms with Crippen molar-refractivity contribution in [2.24, 2.45) is 10.5 Å². The molecule has 0 unspecified atom stereocenters. The van der Waals surface area contributed by atoms with Gasteiger partial charge in [-0.25, -0.2) is 9.82 Å². The van der Waals surface area contributed by atoms with Crippen molar-refractivity contribution in [3.63, 3.8) is 0 Å². The summed E-state index contributed by atoms with van der Waals surface area (Å²) in [7, 11) is 0. The van der Waals surface area contributed by atoms with E-state index in [9.17, 15) is 14.3 Å². The number of nitrogens with one attached hydrogen (secondary N) is 1. The number of hydrogen-bond acceptors (Lipinski definition) is 6. The van der Waals surface area contributed by atoms with Crippen LogP contribution < -0.4 is 15.1 Å². The van der Waals surface area contributed by atoms with Gasteiger partial charge in [-0.15, -0.1) is 12.4 Å². The van der Waals surface area contributed by atoms with Gasteiger partial charge in [-0.1, -0.05) is 32.0 Å². The third kappa shape index (κ3) is 4.39. The van der Waals surface area contributed by atoms with E-state index in [4.69, 9.17) is 4.74 Å². The second-order valence-corrected chi connectivity index (χ2v) is 10.1. The van der Waals surface area contributed by atoms with Crippen molar-refractivity contribution < 1.29 is 19.0 Å². The molecule has 0 radical (unpaired) electrons. The van der Waals surface area contributed by atoms with Crippen LogP contribution in [0, 0.1) is 11.2 Å². The molecular formula is C26H32ClFN4O3. The average Bonchev–Trinajstić information content (AvgIpc) is 2.78. The zero-order chi connectivity index (χ0) is 24.2. The molecule has 3 aliphatic heterocycles. The number of anilines is 1. The standard InChI is InChI=1S/C26H31FN4O3.ClH/c1-15(32)11-30-13-26(4,14-30)16(2)19-9-22-23(10-20(19)18-7-5-6-8-21(18)27)34-12-24-28-29-25(33)17(3)31(22)24;/h5-10,15-17,32H,11-14H2,1-4H3,(H,29,33);1H/t15-,16+,17+;/m0./s1. The molecule has 7 nitrogen and oxygen atoms in total. The minimum atomic E-state index is -0.432. The minimum absolute atomic E-state index is 0. The summed E-state index contributed by atoms with van der Waals surface area (Å²) in [5.74, 6) is 0.895. The molecule has 2 N–H and O–H groups in total. The van der Waals surface area contributed by atoms with Gasteiger partial charge in [0.15, 0.2) is 5.84 Å². The molecule has 3 heterocycles. The number of amidine groups is 1. The number of nitrogens with zero attached hydrogens (tertiary/aromatic N) is 3. The molecule has 9 heteroatoms. The Kier molecular flexibility index (Phi) is 6.83. The fraction of sp³-hybridized carbons (Fsp3) is 0.462. The van der Waals surface area contributed by atoms with E-state index in [0.717, 1.165) is 29.9 Å². The van der Waals surface area contributed by atoms with Crippen LogP contribution in [0.2, 0.25) is 0 Å². The van der Waals surface area contributed by atoms with Gasteiger partial charge < -0.3 is 14.7 Å². The van der Waals surface area contributed by atoms with Gasteiger partial charge in [-0.05, 0) is 54.5 Å². The Balaban J connectivity index is 0.00000289. The molecule has 0 aliphatic carbocycles. The summed E-state index contributed by atoms with van der Waals surface area (Å²) < 4.78 is 21.0. The van der Waals surface area contributed by atoms with Gasteiger partial charge in [0, 0.05) is 25.2 Å². The molecular weight excluding hydrogens is 471 g/mol. The molecule has 2 aromatic rings. The maximum absolute atomic E-state index is 15.0. The Morgan fingerprint density at radius 2 is 1.97 bits per heavy atom. The highest BCUT2D eigenvalue weighted by molar-refractivity contribution is 6.09. The number of ether oxygens (including phenoxy) is 1. The summed E-state index contributed by atoms with van der Waals surface area (Å²) in [6, 6.07) is 10.3. The Morgan fingerprint density at radius 3 is 2.66 bits per heavy atom. The molecule has 1 fully saturated rings. The lowest BCUT2D eigenvalue weighted by atomic mass is 9.67. The molecule has 3 atom stereocenters. The molecule has 0 spiro atoms. The molecule has 0 bridgehead atoms. The molecule has 188 valence electrons. The van der Waals surface area contributed by atoms with Gasteiger partial charge in [0.2, 0.25) is 0 Å². The number of aliphatic hydroxyl groups is 1. The second-order valence-electron chi connectivity index (χ2n) is 10.1. The Labute approximate surface area is 211 Å². The smallest absolute Gasteiger partial charge is 0.262 e. The Hall–Kier alpha value is -2.68. The second kappa shape index (κ2) is 9.41. The number of rotatable bonds is 5. The number of fused-ring (bicyclic) bond motifs is 3. The number of aliphatic hydroxyl groups excluding tert-OH is 1. The first-order valence-corrected chi connectivity index (χ1v) is 11.8. The van der Waals surface area contributed by atoms with E-state index in [1.807, 2.05) is 30.0 Å². The van der Waals surface area contributed by atoms with Gasteiger partial charge in [-0.2, -0.15) is 5.10 Å². The van der Waals surface area contributed by atoms with Crippen molar-refractivity contribution in [1.29, 1.82) is 0 Å². The SMILES string of the molecule is C[C@H](O)CN1CC(C)([C@H](C)c2cc3c(cc2-c2ccccc2F)OCC2=NNC(=O)[C@@H](C)N23)C1.Cl. The van der Waals surface area contributed by atoms with Crippen LogP contribution in [-0.2, 0) is 4.79 Å². The lowest BCUT2D eigenvalue weighted by Gasteiger charge is -2.52. The zero-order valence-electron chi connectivity index (χ0n) is 20.4. The highest BCUT2D eigenvalue weighted by Crippen LogP contribution is 2.49. The quantitative estimate of drug-likeness (QED) is 0.651. The predicted molar refractivity (Wildman–Crippen MR) is 137 cm³/mol. The van der Waals surface area contributed by atoms with E-state index in [0.29, 0.717) is 23.7 Å². The van der Waals surface area contributed by atoms with E-state index in [1.165, 1.54) is 6.07 Å². The van der Waals surface area contributed by atoms with Crippen molar-refractivity contribution in [2.75, 3.05) is 31.1 Å². The van der Waals surface area contributed by atoms with Gasteiger partial charge in [-0.3, -0.25) is 9.69 Å². The number of likely N-dealkylation sites (tertiary alicyclic amines) is 1. The normalized spacial score (nSPS) is 22.3. The van der Waals surface area contributed by atoms with E-state index in [1.54, 1.807) is 19.1 Å².